The molecule has 9 heteroatoms. The molecule has 45 heavy (non-hydrogen) atoms. The van der Waals surface area contributed by atoms with Crippen molar-refractivity contribution in [3.63, 3.8) is 0 Å². The molecule has 3 aromatic carbocycles. The van der Waals surface area contributed by atoms with Crippen molar-refractivity contribution >= 4 is 57.1 Å². The highest BCUT2D eigenvalue weighted by atomic mass is 35.5. The fraction of sp³-hybridized carbons (Fsp3) is 0.0833. The Morgan fingerprint density at radius 2 is 1.69 bits per heavy atom. The maximum absolute atomic E-state index is 14.3. The average molecular weight is 634 g/mol. The third-order valence-corrected chi connectivity index (χ3v) is 8.25. The Hall–Kier alpha value is -5.11. The first kappa shape index (κ1) is 29.9. The van der Waals surface area contributed by atoms with Crippen LogP contribution in [0, 0.1) is 0 Å². The molecule has 0 saturated carbocycles. The molecular weight excluding hydrogens is 603 g/mol. The van der Waals surface area contributed by atoms with Crippen LogP contribution in [0.5, 0.6) is 0 Å². The number of carbonyl (C=O) groups is 1. The van der Waals surface area contributed by atoms with Crippen molar-refractivity contribution in [2.45, 2.75) is 19.9 Å². The van der Waals surface area contributed by atoms with Crippen LogP contribution < -0.4 is 5.32 Å². The average Bonchev–Trinajstić information content (AvgIpc) is 3.68. The smallest absolute Gasteiger partial charge is 0.273 e. The largest absolute Gasteiger partial charge is 0.350 e. The maximum Gasteiger partial charge on any atom is 0.273 e. The van der Waals surface area contributed by atoms with Crippen molar-refractivity contribution in [2.75, 3.05) is 5.32 Å². The highest BCUT2D eigenvalue weighted by Crippen LogP contribution is 2.41. The number of amides is 1. The predicted molar refractivity (Wildman–Crippen MR) is 183 cm³/mol. The first-order valence-electron chi connectivity index (χ1n) is 14.4. The van der Waals surface area contributed by atoms with E-state index in [1.807, 2.05) is 78.9 Å². The molecule has 7 nitrogen and oxygen atoms in total. The van der Waals surface area contributed by atoms with Crippen molar-refractivity contribution in [1.29, 1.82) is 0 Å². The molecule has 6 aromatic rings. The molecule has 2 N–H and O–H groups in total. The van der Waals surface area contributed by atoms with Gasteiger partial charge < -0.3 is 15.2 Å². The zero-order valence-corrected chi connectivity index (χ0v) is 26.2. The monoisotopic (exact) mass is 632 g/mol. The summed E-state index contributed by atoms with van der Waals surface area (Å²) in [5.74, 6) is 0.704. The van der Waals surface area contributed by atoms with Gasteiger partial charge in [0.05, 0.1) is 17.9 Å². The molecule has 6 rings (SSSR count). The number of hydrogen-bond acceptors (Lipinski definition) is 4. The van der Waals surface area contributed by atoms with E-state index in [1.165, 1.54) is 0 Å². The van der Waals surface area contributed by atoms with Gasteiger partial charge >= 0.3 is 0 Å². The highest BCUT2D eigenvalue weighted by Gasteiger charge is 2.29. The van der Waals surface area contributed by atoms with Crippen LogP contribution in [0.25, 0.3) is 28.0 Å². The Morgan fingerprint density at radius 3 is 2.40 bits per heavy atom. The first-order chi connectivity index (χ1) is 21.9. The molecule has 224 valence electrons. The molecule has 0 saturated heterocycles. The summed E-state index contributed by atoms with van der Waals surface area (Å²) in [4.78, 5) is 24.2. The number of halogens is 2. The standard InChI is InChI=1S/C36H30Cl2N6O/c1-4-43(24(3)26-13-15-27(37)16-14-26)35(23(2)25-10-6-5-7-11-25)33-29-18-17-28(38)22-30(29)41-34(33)36(45)42-32-19-21-40-44(32)31-12-8-9-20-39-31/h4-22,24,41H,1H2,2-3H3,(H,42,45)/b35-23+. The van der Waals surface area contributed by atoms with E-state index >= 15 is 0 Å². The van der Waals surface area contributed by atoms with Crippen LogP contribution in [0.2, 0.25) is 10.0 Å². The van der Waals surface area contributed by atoms with Crippen molar-refractivity contribution in [1.82, 2.24) is 24.6 Å². The Balaban J connectivity index is 1.55. The van der Waals surface area contributed by atoms with Crippen LogP contribution in [0.1, 0.15) is 47.1 Å². The quantitative estimate of drug-likeness (QED) is 0.166. The number of nitrogens with zero attached hydrogens (tertiary/aromatic N) is 4. The number of benzene rings is 3. The topological polar surface area (TPSA) is 78.8 Å². The number of rotatable bonds is 9. The van der Waals surface area contributed by atoms with E-state index in [4.69, 9.17) is 23.2 Å². The summed E-state index contributed by atoms with van der Waals surface area (Å²) in [6.45, 7) is 8.38. The molecule has 3 aromatic heterocycles. The number of allylic oxidation sites excluding steroid dienone is 1. The second kappa shape index (κ2) is 12.9. The summed E-state index contributed by atoms with van der Waals surface area (Å²) in [5, 5.41) is 9.49. The SMILES string of the molecule is C=CN(/C(=C(\C)c1ccccc1)c1c(C(=O)Nc2ccnn2-c2ccccn2)[nH]c2cc(Cl)ccc12)C(C)c1ccc(Cl)cc1. The van der Waals surface area contributed by atoms with E-state index in [1.54, 1.807) is 29.3 Å². The normalized spacial score (nSPS) is 12.4. The van der Waals surface area contributed by atoms with Gasteiger partial charge in [0.1, 0.15) is 11.5 Å². The number of nitrogens with one attached hydrogen (secondary N) is 2. The van der Waals surface area contributed by atoms with E-state index in [-0.39, 0.29) is 11.9 Å². The van der Waals surface area contributed by atoms with Gasteiger partial charge in [0, 0.05) is 38.8 Å². The van der Waals surface area contributed by atoms with Crippen LogP contribution in [0.3, 0.4) is 0 Å². The molecule has 3 heterocycles. The van der Waals surface area contributed by atoms with E-state index in [2.05, 4.69) is 57.8 Å². The number of carbonyl (C=O) groups excluding carboxylic acids is 1. The predicted octanol–water partition coefficient (Wildman–Crippen LogP) is 9.40. The minimum atomic E-state index is -0.350. The summed E-state index contributed by atoms with van der Waals surface area (Å²) >= 11 is 12.7. The zero-order chi connectivity index (χ0) is 31.5. The second-order valence-corrected chi connectivity index (χ2v) is 11.4. The van der Waals surface area contributed by atoms with Gasteiger partial charge in [-0.3, -0.25) is 4.79 Å². The number of hydrogen-bond donors (Lipinski definition) is 2. The molecule has 0 aliphatic rings. The summed E-state index contributed by atoms with van der Waals surface area (Å²) < 4.78 is 1.59. The van der Waals surface area contributed by atoms with Crippen molar-refractivity contribution < 1.29 is 4.79 Å². The van der Waals surface area contributed by atoms with Gasteiger partial charge in [0.2, 0.25) is 0 Å². The molecule has 1 atom stereocenters. The molecule has 0 bridgehead atoms. The third-order valence-electron chi connectivity index (χ3n) is 7.76. The van der Waals surface area contributed by atoms with E-state index in [0.29, 0.717) is 32.9 Å². The summed E-state index contributed by atoms with van der Waals surface area (Å²) in [6.07, 6.45) is 5.10. The third kappa shape index (κ3) is 6.00. The van der Waals surface area contributed by atoms with Crippen LogP contribution >= 0.6 is 23.2 Å². The van der Waals surface area contributed by atoms with Crippen LogP contribution in [0.15, 0.2) is 122 Å². The summed E-state index contributed by atoms with van der Waals surface area (Å²) in [7, 11) is 0. The van der Waals surface area contributed by atoms with E-state index < -0.39 is 0 Å². The molecule has 1 amide bonds. The molecule has 0 fully saturated rings. The van der Waals surface area contributed by atoms with Crippen molar-refractivity contribution in [2.24, 2.45) is 0 Å². The van der Waals surface area contributed by atoms with Gasteiger partial charge in [0.15, 0.2) is 5.82 Å². The first-order valence-corrected chi connectivity index (χ1v) is 15.1. The molecule has 1 unspecified atom stereocenters. The van der Waals surface area contributed by atoms with E-state index in [9.17, 15) is 4.79 Å². The number of aromatic amines is 1. The molecule has 0 radical (unpaired) electrons. The van der Waals surface area contributed by atoms with Crippen LogP contribution in [0.4, 0.5) is 5.82 Å². The summed E-state index contributed by atoms with van der Waals surface area (Å²) in [5.41, 5.74) is 5.61. The lowest BCUT2D eigenvalue weighted by Crippen LogP contribution is -2.23. The van der Waals surface area contributed by atoms with Gasteiger partial charge in [-0.05, 0) is 73.1 Å². The molecule has 0 spiro atoms. The Morgan fingerprint density at radius 1 is 0.956 bits per heavy atom. The van der Waals surface area contributed by atoms with Gasteiger partial charge in [-0.15, -0.1) is 0 Å². The lowest BCUT2D eigenvalue weighted by atomic mass is 9.95. The lowest BCUT2D eigenvalue weighted by Gasteiger charge is -2.32. The maximum atomic E-state index is 14.3. The second-order valence-electron chi connectivity index (χ2n) is 10.5. The molecule has 0 aliphatic carbocycles. The fourth-order valence-electron chi connectivity index (χ4n) is 5.50. The number of fused-ring (bicyclic) bond motifs is 1. The molecule has 0 aliphatic heterocycles. The Kier molecular flexibility index (Phi) is 8.56. The zero-order valence-electron chi connectivity index (χ0n) is 24.7. The van der Waals surface area contributed by atoms with Gasteiger partial charge in [-0.1, -0.05) is 84.4 Å². The van der Waals surface area contributed by atoms with Crippen LogP contribution in [-0.2, 0) is 0 Å². The number of H-pyrrole nitrogens is 1. The fourth-order valence-corrected chi connectivity index (χ4v) is 5.80. The van der Waals surface area contributed by atoms with Crippen LogP contribution in [-0.4, -0.2) is 30.6 Å². The minimum Gasteiger partial charge on any atom is -0.350 e. The molecular formula is C36H30Cl2N6O. The highest BCUT2D eigenvalue weighted by molar-refractivity contribution is 6.31. The van der Waals surface area contributed by atoms with E-state index in [0.717, 1.165) is 33.3 Å². The van der Waals surface area contributed by atoms with Gasteiger partial charge in [0.25, 0.3) is 5.91 Å². The van der Waals surface area contributed by atoms with Gasteiger partial charge in [-0.25, -0.2) is 4.98 Å². The number of aromatic nitrogens is 4. The number of pyridine rings is 1. The lowest BCUT2D eigenvalue weighted by molar-refractivity contribution is 0.102. The minimum absolute atomic E-state index is 0.160. The van der Waals surface area contributed by atoms with Gasteiger partial charge in [-0.2, -0.15) is 9.78 Å². The van der Waals surface area contributed by atoms with Crippen molar-refractivity contribution in [3.05, 3.63) is 155 Å². The summed E-state index contributed by atoms with van der Waals surface area (Å²) in [6, 6.07) is 30.5. The Bertz CT molecular complexity index is 2010. The number of anilines is 1. The Labute approximate surface area is 271 Å². The van der Waals surface area contributed by atoms with Crippen molar-refractivity contribution in [3.8, 4) is 5.82 Å².